The van der Waals surface area contributed by atoms with E-state index < -0.39 is 11.9 Å². The zero-order valence-corrected chi connectivity index (χ0v) is 13.0. The number of carboxylic acids is 1. The maximum absolute atomic E-state index is 10.9. The third-order valence-electron chi connectivity index (χ3n) is 4.23. The van der Waals surface area contributed by atoms with Crippen LogP contribution in [0.3, 0.4) is 0 Å². The first-order valence-corrected chi connectivity index (χ1v) is 7.54. The lowest BCUT2D eigenvalue weighted by atomic mass is 9.95. The van der Waals surface area contributed by atoms with Crippen molar-refractivity contribution in [3.05, 3.63) is 35.4 Å². The van der Waals surface area contributed by atoms with Crippen molar-refractivity contribution in [3.63, 3.8) is 0 Å². The van der Waals surface area contributed by atoms with Gasteiger partial charge in [0.05, 0.1) is 5.92 Å². The summed E-state index contributed by atoms with van der Waals surface area (Å²) in [6, 6.07) is 8.36. The average Bonchev–Trinajstić information content (AvgIpc) is 2.46. The Kier molecular flexibility index (Phi) is 6.73. The molecule has 1 aromatic carbocycles. The highest BCUT2D eigenvalue weighted by molar-refractivity contribution is 5.75. The van der Waals surface area contributed by atoms with Crippen molar-refractivity contribution in [2.24, 2.45) is 5.92 Å². The molecule has 0 aliphatic heterocycles. The average molecular weight is 277 g/mol. The third-order valence-corrected chi connectivity index (χ3v) is 4.23. The van der Waals surface area contributed by atoms with E-state index in [0.29, 0.717) is 12.0 Å². The predicted molar refractivity (Wildman–Crippen MR) is 82.9 cm³/mol. The molecule has 3 heteroatoms. The van der Waals surface area contributed by atoms with Crippen LogP contribution < -0.4 is 5.32 Å². The van der Waals surface area contributed by atoms with Gasteiger partial charge in [0, 0.05) is 12.6 Å². The number of aliphatic carboxylic acids is 1. The van der Waals surface area contributed by atoms with Gasteiger partial charge in [-0.3, -0.25) is 4.79 Å². The number of hydrogen-bond donors (Lipinski definition) is 2. The molecule has 0 aliphatic carbocycles. The maximum atomic E-state index is 10.9. The van der Waals surface area contributed by atoms with Gasteiger partial charge in [-0.2, -0.15) is 0 Å². The van der Waals surface area contributed by atoms with Crippen molar-refractivity contribution in [2.45, 2.75) is 59.0 Å². The molecule has 2 unspecified atom stereocenters. The molecule has 3 nitrogen and oxygen atoms in total. The second-order valence-corrected chi connectivity index (χ2v) is 5.55. The van der Waals surface area contributed by atoms with Gasteiger partial charge in [0.1, 0.15) is 0 Å². The van der Waals surface area contributed by atoms with Crippen LogP contribution in [-0.4, -0.2) is 17.1 Å². The normalized spacial score (nSPS) is 14.2. The van der Waals surface area contributed by atoms with Crippen LogP contribution in [0, 0.1) is 5.92 Å². The van der Waals surface area contributed by atoms with Crippen LogP contribution in [0.4, 0.5) is 0 Å². The van der Waals surface area contributed by atoms with Gasteiger partial charge in [0.2, 0.25) is 0 Å². The number of rotatable bonds is 8. The van der Waals surface area contributed by atoms with Crippen LogP contribution >= 0.6 is 0 Å². The van der Waals surface area contributed by atoms with E-state index in [2.05, 4.69) is 26.1 Å². The molecule has 2 N–H and O–H groups in total. The highest BCUT2D eigenvalue weighted by atomic mass is 16.4. The molecule has 0 aliphatic rings. The summed E-state index contributed by atoms with van der Waals surface area (Å²) < 4.78 is 0. The number of nitrogens with one attached hydrogen (secondary N) is 1. The smallest absolute Gasteiger partial charge is 0.310 e. The lowest BCUT2D eigenvalue weighted by molar-refractivity contribution is -0.138. The molecule has 0 fully saturated rings. The van der Waals surface area contributed by atoms with E-state index in [1.165, 1.54) is 18.4 Å². The molecule has 0 saturated heterocycles. The Morgan fingerprint density at radius 1 is 1.15 bits per heavy atom. The van der Waals surface area contributed by atoms with Gasteiger partial charge in [-0.15, -0.1) is 0 Å². The lowest BCUT2D eigenvalue weighted by Gasteiger charge is -2.22. The van der Waals surface area contributed by atoms with E-state index in [1.807, 2.05) is 24.3 Å². The summed E-state index contributed by atoms with van der Waals surface area (Å²) in [7, 11) is 0. The Morgan fingerprint density at radius 3 is 2.15 bits per heavy atom. The zero-order valence-electron chi connectivity index (χ0n) is 13.0. The van der Waals surface area contributed by atoms with Crippen molar-refractivity contribution in [1.82, 2.24) is 5.32 Å². The quantitative estimate of drug-likeness (QED) is 0.760. The molecule has 1 aromatic rings. The molecule has 112 valence electrons. The van der Waals surface area contributed by atoms with Gasteiger partial charge in [-0.05, 0) is 30.9 Å². The highest BCUT2D eigenvalue weighted by Crippen LogP contribution is 2.17. The zero-order chi connectivity index (χ0) is 15.1. The van der Waals surface area contributed by atoms with E-state index in [-0.39, 0.29) is 0 Å². The summed E-state index contributed by atoms with van der Waals surface area (Å²) in [5, 5.41) is 12.5. The fourth-order valence-electron chi connectivity index (χ4n) is 2.51. The largest absolute Gasteiger partial charge is 0.481 e. The van der Waals surface area contributed by atoms with Gasteiger partial charge >= 0.3 is 5.97 Å². The summed E-state index contributed by atoms with van der Waals surface area (Å²) in [6.07, 6.45) is 2.39. The molecular formula is C17H27NO2. The minimum absolute atomic E-state index is 0.444. The molecule has 1 rings (SSSR count). The number of hydrogen-bond acceptors (Lipinski definition) is 2. The minimum Gasteiger partial charge on any atom is -0.481 e. The van der Waals surface area contributed by atoms with Gasteiger partial charge in [0.25, 0.3) is 0 Å². The SMILES string of the molecule is CCC(CC)C(C)NCc1ccc(C(C)C(=O)O)cc1. The van der Waals surface area contributed by atoms with Crippen LogP contribution in [-0.2, 0) is 11.3 Å². The predicted octanol–water partition coefficient (Wildman–Crippen LogP) is 3.79. The van der Waals surface area contributed by atoms with Crippen LogP contribution in [0.25, 0.3) is 0 Å². The highest BCUT2D eigenvalue weighted by Gasteiger charge is 2.14. The third kappa shape index (κ3) is 4.64. The molecule has 20 heavy (non-hydrogen) atoms. The first-order valence-electron chi connectivity index (χ1n) is 7.54. The second kappa shape index (κ2) is 8.05. The fraction of sp³-hybridized carbons (Fsp3) is 0.588. The topological polar surface area (TPSA) is 49.3 Å². The van der Waals surface area contributed by atoms with E-state index in [4.69, 9.17) is 5.11 Å². The first-order chi connectivity index (χ1) is 9.49. The summed E-state index contributed by atoms with van der Waals surface area (Å²) in [5.74, 6) is -0.514. The molecule has 0 aromatic heterocycles. The van der Waals surface area contributed by atoms with E-state index in [0.717, 1.165) is 12.1 Å². The minimum atomic E-state index is -0.779. The fourth-order valence-corrected chi connectivity index (χ4v) is 2.51. The van der Waals surface area contributed by atoms with E-state index in [9.17, 15) is 4.79 Å². The van der Waals surface area contributed by atoms with Crippen molar-refractivity contribution in [3.8, 4) is 0 Å². The Morgan fingerprint density at radius 2 is 1.70 bits per heavy atom. The van der Waals surface area contributed by atoms with Crippen molar-refractivity contribution >= 4 is 5.97 Å². The molecule has 0 radical (unpaired) electrons. The summed E-state index contributed by atoms with van der Waals surface area (Å²) in [4.78, 5) is 10.9. The van der Waals surface area contributed by atoms with Crippen LogP contribution in [0.5, 0.6) is 0 Å². The molecular weight excluding hydrogens is 250 g/mol. The van der Waals surface area contributed by atoms with Crippen molar-refractivity contribution < 1.29 is 9.90 Å². The van der Waals surface area contributed by atoms with Crippen molar-refractivity contribution in [1.29, 1.82) is 0 Å². The van der Waals surface area contributed by atoms with E-state index in [1.54, 1.807) is 6.92 Å². The van der Waals surface area contributed by atoms with Gasteiger partial charge in [-0.25, -0.2) is 0 Å². The molecule has 2 atom stereocenters. The van der Waals surface area contributed by atoms with Crippen LogP contribution in [0.15, 0.2) is 24.3 Å². The second-order valence-electron chi connectivity index (χ2n) is 5.55. The summed E-state index contributed by atoms with van der Waals surface area (Å²) >= 11 is 0. The van der Waals surface area contributed by atoms with Gasteiger partial charge in [-0.1, -0.05) is 51.0 Å². The molecule has 0 heterocycles. The lowest BCUT2D eigenvalue weighted by Crippen LogP contribution is -2.32. The van der Waals surface area contributed by atoms with Crippen molar-refractivity contribution in [2.75, 3.05) is 0 Å². The van der Waals surface area contributed by atoms with E-state index >= 15 is 0 Å². The molecule has 0 spiro atoms. The molecule has 0 saturated carbocycles. The Labute approximate surface area is 122 Å². The molecule has 0 amide bonds. The van der Waals surface area contributed by atoms with Gasteiger partial charge in [0.15, 0.2) is 0 Å². The summed E-state index contributed by atoms with van der Waals surface area (Å²) in [6.45, 7) is 9.24. The first kappa shape index (κ1) is 16.7. The molecule has 0 bridgehead atoms. The number of carbonyl (C=O) groups is 1. The number of carboxylic acid groups (broad SMARTS) is 1. The van der Waals surface area contributed by atoms with Crippen LogP contribution in [0.2, 0.25) is 0 Å². The number of benzene rings is 1. The Balaban J connectivity index is 2.56. The summed E-state index contributed by atoms with van der Waals surface area (Å²) in [5.41, 5.74) is 2.05. The Hall–Kier alpha value is -1.35. The monoisotopic (exact) mass is 277 g/mol. The van der Waals surface area contributed by atoms with Crippen LogP contribution in [0.1, 0.15) is 57.6 Å². The maximum Gasteiger partial charge on any atom is 0.310 e. The standard InChI is InChI=1S/C17H27NO2/c1-5-15(6-2)13(4)18-11-14-7-9-16(10-8-14)12(3)17(19)20/h7-10,12-13,15,18H,5-6,11H2,1-4H3,(H,19,20). The Bertz CT molecular complexity index is 410. The van der Waals surface area contributed by atoms with Gasteiger partial charge < -0.3 is 10.4 Å².